The molecule has 0 bridgehead atoms. The molecule has 0 fully saturated rings. The van der Waals surface area contributed by atoms with E-state index in [2.05, 4.69) is 25.2 Å². The highest BCUT2D eigenvalue weighted by molar-refractivity contribution is 6.25. The molecule has 0 nitrogen and oxygen atoms in total. The van der Waals surface area contributed by atoms with Gasteiger partial charge in [-0.1, -0.05) is 106 Å². The third kappa shape index (κ3) is 17.2. The number of unbranched alkanes of at least 4 members (excludes halogenated alkanes) is 8. The Morgan fingerprint density at radius 2 is 1.16 bits per heavy atom. The average Bonchev–Trinajstić information content (AvgIpc) is 2.43. The summed E-state index contributed by atoms with van der Waals surface area (Å²) in [7, 11) is 0. The first kappa shape index (κ1) is 18.2. The molecule has 0 atom stereocenters. The highest BCUT2D eigenvalue weighted by atomic mass is 35.5. The second-order valence-electron chi connectivity index (χ2n) is 4.78. The van der Waals surface area contributed by atoms with Gasteiger partial charge in [-0.2, -0.15) is 0 Å². The quantitative estimate of drug-likeness (QED) is 0.268. The first-order valence-corrected chi connectivity index (χ1v) is 8.10. The lowest BCUT2D eigenvalue weighted by Gasteiger charge is -1.99. The molecular formula is C18H29Cl. The van der Waals surface area contributed by atoms with E-state index in [0.29, 0.717) is 0 Å². The molecule has 0 aromatic rings. The SMILES string of the molecule is CCCCCCCCCCC=CC=CC=CC=CCl. The van der Waals surface area contributed by atoms with Crippen LogP contribution in [-0.4, -0.2) is 0 Å². The Kier molecular flexibility index (Phi) is 16.6. The van der Waals surface area contributed by atoms with E-state index in [4.69, 9.17) is 11.6 Å². The highest BCUT2D eigenvalue weighted by Crippen LogP contribution is 2.09. The van der Waals surface area contributed by atoms with Crippen LogP contribution in [0.15, 0.2) is 48.1 Å². The number of rotatable bonds is 12. The van der Waals surface area contributed by atoms with Crippen LogP contribution in [0.5, 0.6) is 0 Å². The van der Waals surface area contributed by atoms with E-state index in [-0.39, 0.29) is 0 Å². The zero-order chi connectivity index (χ0) is 14.0. The van der Waals surface area contributed by atoms with Crippen LogP contribution in [-0.2, 0) is 0 Å². The van der Waals surface area contributed by atoms with Crippen molar-refractivity contribution in [1.82, 2.24) is 0 Å². The van der Waals surface area contributed by atoms with Gasteiger partial charge in [-0.3, -0.25) is 0 Å². The number of hydrogen-bond acceptors (Lipinski definition) is 0. The first-order valence-electron chi connectivity index (χ1n) is 7.67. The summed E-state index contributed by atoms with van der Waals surface area (Å²) in [6, 6.07) is 0. The molecule has 0 spiro atoms. The maximum absolute atomic E-state index is 5.39. The molecule has 0 aromatic heterocycles. The van der Waals surface area contributed by atoms with Gasteiger partial charge in [0.25, 0.3) is 0 Å². The van der Waals surface area contributed by atoms with Crippen molar-refractivity contribution in [1.29, 1.82) is 0 Å². The Balaban J connectivity index is 3.25. The third-order valence-corrected chi connectivity index (χ3v) is 3.13. The maximum Gasteiger partial charge on any atom is 0.00424 e. The van der Waals surface area contributed by atoms with E-state index < -0.39 is 0 Å². The molecule has 0 heterocycles. The molecule has 1 heteroatoms. The Labute approximate surface area is 124 Å². The molecule has 0 amide bonds. The standard InChI is InChI=1S/C18H29Cl/c1-2-3-4-5-6-7-8-9-10-11-12-13-14-15-16-17-18-19/h11-18H,2-10H2,1H3. The van der Waals surface area contributed by atoms with Crippen LogP contribution in [0.2, 0.25) is 0 Å². The van der Waals surface area contributed by atoms with Crippen molar-refractivity contribution in [2.24, 2.45) is 0 Å². The molecule has 0 saturated heterocycles. The summed E-state index contributed by atoms with van der Waals surface area (Å²) in [4.78, 5) is 0. The molecular weight excluding hydrogens is 252 g/mol. The molecule has 19 heavy (non-hydrogen) atoms. The molecule has 0 aliphatic heterocycles. The Morgan fingerprint density at radius 3 is 1.79 bits per heavy atom. The van der Waals surface area contributed by atoms with Gasteiger partial charge in [-0.25, -0.2) is 0 Å². The first-order chi connectivity index (χ1) is 9.41. The predicted molar refractivity (Wildman–Crippen MR) is 89.6 cm³/mol. The fourth-order valence-corrected chi connectivity index (χ4v) is 1.95. The van der Waals surface area contributed by atoms with Crippen LogP contribution in [0.3, 0.4) is 0 Å². The molecule has 0 aliphatic carbocycles. The van der Waals surface area contributed by atoms with Gasteiger partial charge in [-0.15, -0.1) is 0 Å². The van der Waals surface area contributed by atoms with Crippen molar-refractivity contribution < 1.29 is 0 Å². The van der Waals surface area contributed by atoms with Gasteiger partial charge in [0.2, 0.25) is 0 Å². The van der Waals surface area contributed by atoms with Crippen LogP contribution >= 0.6 is 11.6 Å². The van der Waals surface area contributed by atoms with E-state index in [1.54, 1.807) is 6.08 Å². The summed E-state index contributed by atoms with van der Waals surface area (Å²) in [6.45, 7) is 2.27. The van der Waals surface area contributed by atoms with E-state index >= 15 is 0 Å². The molecule has 0 radical (unpaired) electrons. The normalized spacial score (nSPS) is 12.7. The lowest BCUT2D eigenvalue weighted by molar-refractivity contribution is 0.577. The second-order valence-corrected chi connectivity index (χ2v) is 5.03. The number of hydrogen-bond donors (Lipinski definition) is 0. The fraction of sp³-hybridized carbons (Fsp3) is 0.556. The van der Waals surface area contributed by atoms with Crippen molar-refractivity contribution >= 4 is 11.6 Å². The van der Waals surface area contributed by atoms with E-state index in [1.807, 2.05) is 18.2 Å². The average molecular weight is 281 g/mol. The third-order valence-electron chi connectivity index (χ3n) is 2.99. The predicted octanol–water partition coefficient (Wildman–Crippen LogP) is 6.94. The van der Waals surface area contributed by atoms with Crippen LogP contribution in [0.4, 0.5) is 0 Å². The zero-order valence-electron chi connectivity index (χ0n) is 12.4. The minimum absolute atomic E-state index is 1.20. The van der Waals surface area contributed by atoms with Crippen LogP contribution in [0.25, 0.3) is 0 Å². The summed E-state index contributed by atoms with van der Waals surface area (Å²) in [5.41, 5.74) is 1.50. The molecule has 0 unspecified atom stereocenters. The second kappa shape index (κ2) is 17.2. The lowest BCUT2D eigenvalue weighted by Crippen LogP contribution is -1.79. The van der Waals surface area contributed by atoms with E-state index in [9.17, 15) is 0 Å². The van der Waals surface area contributed by atoms with Crippen molar-refractivity contribution in [3.63, 3.8) is 0 Å². The molecule has 0 saturated carbocycles. The fourth-order valence-electron chi connectivity index (χ4n) is 1.87. The van der Waals surface area contributed by atoms with Gasteiger partial charge in [-0.05, 0) is 12.8 Å². The Hall–Kier alpha value is -0.750. The molecule has 108 valence electrons. The largest absolute Gasteiger partial charge is 0.0930 e. The summed E-state index contributed by atoms with van der Waals surface area (Å²) in [5, 5.41) is 0. The van der Waals surface area contributed by atoms with Gasteiger partial charge < -0.3 is 0 Å². The number of halogens is 1. The van der Waals surface area contributed by atoms with Gasteiger partial charge in [0.1, 0.15) is 0 Å². The summed E-state index contributed by atoms with van der Waals surface area (Å²) >= 11 is 5.39. The molecule has 0 aliphatic rings. The van der Waals surface area contributed by atoms with Gasteiger partial charge in [0, 0.05) is 5.54 Å². The Morgan fingerprint density at radius 1 is 0.632 bits per heavy atom. The van der Waals surface area contributed by atoms with Crippen molar-refractivity contribution in [2.45, 2.75) is 64.7 Å². The summed E-state index contributed by atoms with van der Waals surface area (Å²) < 4.78 is 0. The summed E-state index contributed by atoms with van der Waals surface area (Å²) in [6.07, 6.45) is 26.4. The van der Waals surface area contributed by atoms with E-state index in [1.165, 1.54) is 63.3 Å². The molecule has 0 rings (SSSR count). The molecule has 0 N–H and O–H groups in total. The minimum Gasteiger partial charge on any atom is -0.0930 e. The zero-order valence-corrected chi connectivity index (χ0v) is 13.1. The van der Waals surface area contributed by atoms with Gasteiger partial charge in [0.05, 0.1) is 0 Å². The number of allylic oxidation sites excluding steroid dienone is 7. The molecule has 0 aromatic carbocycles. The van der Waals surface area contributed by atoms with Crippen LogP contribution < -0.4 is 0 Å². The van der Waals surface area contributed by atoms with Crippen LogP contribution in [0.1, 0.15) is 64.7 Å². The van der Waals surface area contributed by atoms with Gasteiger partial charge >= 0.3 is 0 Å². The summed E-state index contributed by atoms with van der Waals surface area (Å²) in [5.74, 6) is 0. The van der Waals surface area contributed by atoms with Crippen molar-refractivity contribution in [3.05, 3.63) is 48.1 Å². The monoisotopic (exact) mass is 280 g/mol. The topological polar surface area (TPSA) is 0 Å². The van der Waals surface area contributed by atoms with E-state index in [0.717, 1.165) is 0 Å². The smallest absolute Gasteiger partial charge is 0.00424 e. The van der Waals surface area contributed by atoms with Gasteiger partial charge in [0.15, 0.2) is 0 Å². The Bertz CT molecular complexity index is 271. The van der Waals surface area contributed by atoms with Crippen molar-refractivity contribution in [3.8, 4) is 0 Å². The van der Waals surface area contributed by atoms with Crippen LogP contribution in [0, 0.1) is 0 Å². The highest BCUT2D eigenvalue weighted by Gasteiger charge is 1.89. The minimum atomic E-state index is 1.20. The lowest BCUT2D eigenvalue weighted by atomic mass is 10.1. The maximum atomic E-state index is 5.39. The van der Waals surface area contributed by atoms with Crippen molar-refractivity contribution in [2.75, 3.05) is 0 Å².